The lowest BCUT2D eigenvalue weighted by molar-refractivity contribution is 0.640. The molecule has 18 heavy (non-hydrogen) atoms. The Morgan fingerprint density at radius 2 is 2.17 bits per heavy atom. The van der Waals surface area contributed by atoms with Crippen molar-refractivity contribution < 1.29 is 0 Å². The first-order valence-corrected chi connectivity index (χ1v) is 6.76. The molecule has 0 aliphatic heterocycles. The average molecular weight is 240 g/mol. The summed E-state index contributed by atoms with van der Waals surface area (Å²) < 4.78 is 0. The molecule has 0 heteroatoms. The smallest absolute Gasteiger partial charge is 0.00135 e. The maximum Gasteiger partial charge on any atom is -0.00135 e. The average Bonchev–Trinajstić information content (AvgIpc) is 2.36. The van der Waals surface area contributed by atoms with Gasteiger partial charge in [-0.3, -0.25) is 0 Å². The highest BCUT2D eigenvalue weighted by Crippen LogP contribution is 2.29. The molecule has 0 saturated heterocycles. The zero-order valence-electron chi connectivity index (χ0n) is 12.1. The molecular formula is C18H24. The zero-order valence-corrected chi connectivity index (χ0v) is 12.1. The minimum Gasteiger partial charge on any atom is -0.115 e. The summed E-state index contributed by atoms with van der Waals surface area (Å²) in [6.07, 6.45) is 17.5. The Bertz CT molecular complexity index is 447. The molecular weight excluding hydrogens is 216 g/mol. The fourth-order valence-corrected chi connectivity index (χ4v) is 2.18. The third-order valence-corrected chi connectivity index (χ3v) is 3.53. The van der Waals surface area contributed by atoms with Gasteiger partial charge in [-0.25, -0.2) is 0 Å². The van der Waals surface area contributed by atoms with Crippen LogP contribution >= 0.6 is 0 Å². The van der Waals surface area contributed by atoms with E-state index in [1.54, 1.807) is 5.57 Å². The number of terminal acetylenes is 1. The minimum atomic E-state index is 0.669. The van der Waals surface area contributed by atoms with Crippen LogP contribution in [0.5, 0.6) is 0 Å². The maximum atomic E-state index is 5.35. The van der Waals surface area contributed by atoms with Crippen LogP contribution in [-0.2, 0) is 0 Å². The molecule has 0 fully saturated rings. The molecule has 0 bridgehead atoms. The van der Waals surface area contributed by atoms with E-state index in [4.69, 9.17) is 6.42 Å². The molecule has 0 radical (unpaired) electrons. The highest BCUT2D eigenvalue weighted by atomic mass is 14.2. The van der Waals surface area contributed by atoms with Crippen LogP contribution < -0.4 is 0 Å². The lowest BCUT2D eigenvalue weighted by Crippen LogP contribution is -2.05. The molecule has 0 saturated carbocycles. The van der Waals surface area contributed by atoms with Crippen molar-refractivity contribution in [3.05, 3.63) is 46.6 Å². The third-order valence-electron chi connectivity index (χ3n) is 3.53. The van der Waals surface area contributed by atoms with Crippen LogP contribution in [0.1, 0.15) is 47.0 Å². The predicted molar refractivity (Wildman–Crippen MR) is 81.2 cm³/mol. The fourth-order valence-electron chi connectivity index (χ4n) is 2.18. The first kappa shape index (κ1) is 14.6. The Kier molecular flexibility index (Phi) is 5.72. The van der Waals surface area contributed by atoms with E-state index in [1.807, 2.05) is 13.0 Å². The van der Waals surface area contributed by atoms with Gasteiger partial charge in [0.15, 0.2) is 0 Å². The van der Waals surface area contributed by atoms with Gasteiger partial charge >= 0.3 is 0 Å². The van der Waals surface area contributed by atoms with Crippen molar-refractivity contribution in [1.82, 2.24) is 0 Å². The highest BCUT2D eigenvalue weighted by molar-refractivity contribution is 5.32. The number of rotatable bonds is 4. The summed E-state index contributed by atoms with van der Waals surface area (Å²) in [6.45, 7) is 8.70. The molecule has 0 nitrogen and oxygen atoms in total. The summed E-state index contributed by atoms with van der Waals surface area (Å²) in [6, 6.07) is 0. The molecule has 1 aliphatic rings. The summed E-state index contributed by atoms with van der Waals surface area (Å²) in [5, 5.41) is 0. The first-order valence-electron chi connectivity index (χ1n) is 6.76. The third kappa shape index (κ3) is 4.41. The molecule has 0 N–H and O–H groups in total. The first-order chi connectivity index (χ1) is 8.56. The number of hydrogen-bond donors (Lipinski definition) is 0. The Morgan fingerprint density at radius 1 is 1.44 bits per heavy atom. The van der Waals surface area contributed by atoms with E-state index >= 15 is 0 Å². The lowest BCUT2D eigenvalue weighted by atomic mass is 9.85. The quantitative estimate of drug-likeness (QED) is 0.467. The summed E-state index contributed by atoms with van der Waals surface area (Å²) in [5.41, 5.74) is 5.47. The fraction of sp³-hybridized carbons (Fsp3) is 0.444. The van der Waals surface area contributed by atoms with Crippen LogP contribution in [0.4, 0.5) is 0 Å². The van der Waals surface area contributed by atoms with Crippen LogP contribution in [0.15, 0.2) is 46.6 Å². The lowest BCUT2D eigenvalue weighted by Gasteiger charge is -2.21. The van der Waals surface area contributed by atoms with E-state index in [-0.39, 0.29) is 0 Å². The maximum absolute atomic E-state index is 5.35. The minimum absolute atomic E-state index is 0.669. The van der Waals surface area contributed by atoms with Gasteiger partial charge in [-0.15, -0.1) is 6.42 Å². The van der Waals surface area contributed by atoms with Crippen LogP contribution in [0.3, 0.4) is 0 Å². The van der Waals surface area contributed by atoms with Crippen LogP contribution in [-0.4, -0.2) is 0 Å². The second-order valence-electron chi connectivity index (χ2n) is 5.21. The van der Waals surface area contributed by atoms with E-state index in [1.165, 1.54) is 17.6 Å². The van der Waals surface area contributed by atoms with Gasteiger partial charge in [0, 0.05) is 0 Å². The molecule has 1 atom stereocenters. The molecule has 0 amide bonds. The SMILES string of the molecule is C#C/C(C)=C/C=C(\CC)CC1=CC=C(C)CC1C. The standard InChI is InChI=1S/C18H24/c1-6-14(3)8-10-17(7-2)13-18-11-9-15(4)12-16(18)5/h1,8-11,16H,7,12-13H2,2-5H3/b14-8+,17-10+. The summed E-state index contributed by atoms with van der Waals surface area (Å²) in [7, 11) is 0. The summed E-state index contributed by atoms with van der Waals surface area (Å²) in [5.74, 6) is 3.32. The van der Waals surface area contributed by atoms with E-state index in [9.17, 15) is 0 Å². The Labute approximate surface area is 112 Å². The Morgan fingerprint density at radius 3 is 2.72 bits per heavy atom. The van der Waals surface area contributed by atoms with Crippen molar-refractivity contribution in [2.24, 2.45) is 5.92 Å². The molecule has 0 aromatic heterocycles. The number of hydrogen-bond acceptors (Lipinski definition) is 0. The second-order valence-corrected chi connectivity index (χ2v) is 5.21. The summed E-state index contributed by atoms with van der Waals surface area (Å²) in [4.78, 5) is 0. The normalized spacial score (nSPS) is 21.2. The van der Waals surface area contributed by atoms with Gasteiger partial charge < -0.3 is 0 Å². The van der Waals surface area contributed by atoms with E-state index in [0.717, 1.165) is 18.4 Å². The van der Waals surface area contributed by atoms with Crippen molar-refractivity contribution >= 4 is 0 Å². The molecule has 1 aliphatic carbocycles. The van der Waals surface area contributed by atoms with Crippen molar-refractivity contribution in [1.29, 1.82) is 0 Å². The Balaban J connectivity index is 2.79. The molecule has 1 unspecified atom stereocenters. The van der Waals surface area contributed by atoms with Gasteiger partial charge in [0.2, 0.25) is 0 Å². The monoisotopic (exact) mass is 240 g/mol. The second kappa shape index (κ2) is 7.07. The summed E-state index contributed by atoms with van der Waals surface area (Å²) >= 11 is 0. The van der Waals surface area contributed by atoms with Crippen LogP contribution in [0.25, 0.3) is 0 Å². The molecule has 0 heterocycles. The van der Waals surface area contributed by atoms with E-state index < -0.39 is 0 Å². The van der Waals surface area contributed by atoms with Gasteiger partial charge in [-0.2, -0.15) is 0 Å². The zero-order chi connectivity index (χ0) is 13.5. The molecule has 1 rings (SSSR count). The van der Waals surface area contributed by atoms with Gasteiger partial charge in [0.1, 0.15) is 0 Å². The van der Waals surface area contributed by atoms with Crippen molar-refractivity contribution in [2.75, 3.05) is 0 Å². The van der Waals surface area contributed by atoms with Crippen molar-refractivity contribution in [2.45, 2.75) is 47.0 Å². The molecule has 96 valence electrons. The topological polar surface area (TPSA) is 0 Å². The largest absolute Gasteiger partial charge is 0.115 e. The molecule has 0 aromatic carbocycles. The van der Waals surface area contributed by atoms with Crippen LogP contribution in [0.2, 0.25) is 0 Å². The van der Waals surface area contributed by atoms with Crippen LogP contribution in [0, 0.1) is 18.3 Å². The molecule has 0 aromatic rings. The van der Waals surface area contributed by atoms with Gasteiger partial charge in [-0.1, -0.05) is 60.8 Å². The van der Waals surface area contributed by atoms with Gasteiger partial charge in [0.25, 0.3) is 0 Å². The van der Waals surface area contributed by atoms with Gasteiger partial charge in [-0.05, 0) is 44.6 Å². The Hall–Kier alpha value is -1.48. The van der Waals surface area contributed by atoms with E-state index in [2.05, 4.69) is 44.9 Å². The molecule has 0 spiro atoms. The van der Waals surface area contributed by atoms with E-state index in [0.29, 0.717) is 5.92 Å². The van der Waals surface area contributed by atoms with Crippen molar-refractivity contribution in [3.8, 4) is 12.3 Å². The predicted octanol–water partition coefficient (Wildman–Crippen LogP) is 5.20. The van der Waals surface area contributed by atoms with Crippen molar-refractivity contribution in [3.63, 3.8) is 0 Å². The highest BCUT2D eigenvalue weighted by Gasteiger charge is 2.13. The number of allylic oxidation sites excluding steroid dienone is 8. The van der Waals surface area contributed by atoms with Gasteiger partial charge in [0.05, 0.1) is 0 Å².